The first-order valence-corrected chi connectivity index (χ1v) is 12.8. The van der Waals surface area contributed by atoms with Gasteiger partial charge in [-0.25, -0.2) is 0 Å². The van der Waals surface area contributed by atoms with E-state index in [1.54, 1.807) is 17.4 Å². The van der Waals surface area contributed by atoms with E-state index >= 15 is 0 Å². The number of benzene rings is 1. The van der Waals surface area contributed by atoms with Crippen molar-refractivity contribution < 1.29 is 18.0 Å². The molecule has 3 heterocycles. The third-order valence-electron chi connectivity index (χ3n) is 7.50. The molecule has 178 valence electrons. The predicted octanol–water partition coefficient (Wildman–Crippen LogP) is 4.73. The van der Waals surface area contributed by atoms with Gasteiger partial charge in [-0.05, 0) is 60.9 Å². The largest absolute Gasteiger partial charge is 0.416 e. The molecule has 8 heteroatoms. The average molecular weight is 478 g/mol. The van der Waals surface area contributed by atoms with Crippen LogP contribution in [0.25, 0.3) is 0 Å². The minimum Gasteiger partial charge on any atom is -0.365 e. The second kappa shape index (κ2) is 9.29. The van der Waals surface area contributed by atoms with Crippen molar-refractivity contribution in [1.82, 2.24) is 10.2 Å². The van der Waals surface area contributed by atoms with E-state index in [0.29, 0.717) is 24.6 Å². The van der Waals surface area contributed by atoms with E-state index in [2.05, 4.69) is 21.2 Å². The molecule has 0 radical (unpaired) electrons. The van der Waals surface area contributed by atoms with E-state index in [0.717, 1.165) is 31.7 Å². The first-order chi connectivity index (χ1) is 15.9. The Labute approximate surface area is 196 Å². The van der Waals surface area contributed by atoms with Crippen molar-refractivity contribution in [3.63, 3.8) is 0 Å². The van der Waals surface area contributed by atoms with Gasteiger partial charge in [0.25, 0.3) is 0 Å². The number of carbonyl (C=O) groups excluding carboxylic acids is 1. The molecule has 1 aromatic carbocycles. The number of hydrogen-bond acceptors (Lipinski definition) is 4. The van der Waals surface area contributed by atoms with Crippen molar-refractivity contribution in [3.05, 3.63) is 51.7 Å². The normalized spacial score (nSPS) is 23.9. The molecule has 2 atom stereocenters. The first kappa shape index (κ1) is 22.7. The summed E-state index contributed by atoms with van der Waals surface area (Å²) in [6, 6.07) is 8.65. The van der Waals surface area contributed by atoms with Gasteiger partial charge in [0.2, 0.25) is 5.91 Å². The van der Waals surface area contributed by atoms with Gasteiger partial charge in [0.15, 0.2) is 0 Å². The second-order valence-electron chi connectivity index (χ2n) is 9.47. The van der Waals surface area contributed by atoms with Crippen LogP contribution >= 0.6 is 11.3 Å². The highest BCUT2D eigenvalue weighted by molar-refractivity contribution is 7.09. The number of anilines is 1. The van der Waals surface area contributed by atoms with Crippen molar-refractivity contribution >= 4 is 22.9 Å². The molecule has 3 aliphatic rings. The highest BCUT2D eigenvalue weighted by atomic mass is 32.1. The molecule has 4 nitrogen and oxygen atoms in total. The molecule has 33 heavy (non-hydrogen) atoms. The van der Waals surface area contributed by atoms with Crippen LogP contribution in [0.5, 0.6) is 0 Å². The van der Waals surface area contributed by atoms with Crippen LogP contribution < -0.4 is 10.2 Å². The van der Waals surface area contributed by atoms with Gasteiger partial charge < -0.3 is 10.2 Å². The highest BCUT2D eigenvalue weighted by Gasteiger charge is 2.43. The zero-order valence-electron chi connectivity index (χ0n) is 18.6. The van der Waals surface area contributed by atoms with Gasteiger partial charge in [0, 0.05) is 42.8 Å². The quantitative estimate of drug-likeness (QED) is 0.676. The van der Waals surface area contributed by atoms with Crippen LogP contribution in [-0.2, 0) is 23.8 Å². The Morgan fingerprint density at radius 3 is 2.70 bits per heavy atom. The van der Waals surface area contributed by atoms with E-state index in [1.807, 2.05) is 11.4 Å². The minimum atomic E-state index is -4.38. The molecule has 1 saturated heterocycles. The lowest BCUT2D eigenvalue weighted by Gasteiger charge is -2.50. The van der Waals surface area contributed by atoms with E-state index in [4.69, 9.17) is 0 Å². The fourth-order valence-corrected chi connectivity index (χ4v) is 6.53. The van der Waals surface area contributed by atoms with E-state index in [-0.39, 0.29) is 17.9 Å². The summed E-state index contributed by atoms with van der Waals surface area (Å²) >= 11 is 1.66. The van der Waals surface area contributed by atoms with Crippen LogP contribution in [0, 0.1) is 5.92 Å². The Bertz CT molecular complexity index is 972. The van der Waals surface area contributed by atoms with E-state index in [9.17, 15) is 18.0 Å². The minimum absolute atomic E-state index is 0.00896. The Balaban J connectivity index is 1.38. The van der Waals surface area contributed by atoms with Crippen molar-refractivity contribution in [3.8, 4) is 0 Å². The summed E-state index contributed by atoms with van der Waals surface area (Å²) < 4.78 is 40.1. The molecule has 0 unspecified atom stereocenters. The predicted molar refractivity (Wildman–Crippen MR) is 125 cm³/mol. The molecule has 1 saturated carbocycles. The van der Waals surface area contributed by atoms with Gasteiger partial charge in [-0.1, -0.05) is 18.9 Å². The SMILES string of the molecule is O=C(NCCc1cccs1)[C@H]1Cc2cc(C(F)(F)F)ccc2N2CCN(C3CCCC3)C[C@@H]12. The van der Waals surface area contributed by atoms with Crippen LogP contribution in [0.4, 0.5) is 18.9 Å². The molecule has 2 fully saturated rings. The summed E-state index contributed by atoms with van der Waals surface area (Å²) in [5.41, 5.74) is 0.858. The highest BCUT2D eigenvalue weighted by Crippen LogP contribution is 2.40. The van der Waals surface area contributed by atoms with Gasteiger partial charge in [0.1, 0.15) is 0 Å². The maximum Gasteiger partial charge on any atom is 0.416 e. The van der Waals surface area contributed by atoms with Crippen molar-refractivity contribution in [2.24, 2.45) is 5.92 Å². The molecule has 1 aromatic heterocycles. The molecular formula is C25H30F3N3OS. The molecule has 2 aromatic rings. The zero-order valence-corrected chi connectivity index (χ0v) is 19.4. The number of rotatable bonds is 5. The number of nitrogens with one attached hydrogen (secondary N) is 1. The molecule has 1 amide bonds. The van der Waals surface area contributed by atoms with Crippen molar-refractivity contribution in [2.45, 2.75) is 56.8 Å². The molecular weight excluding hydrogens is 447 g/mol. The van der Waals surface area contributed by atoms with E-state index < -0.39 is 11.7 Å². The third-order valence-corrected chi connectivity index (χ3v) is 8.44. The van der Waals surface area contributed by atoms with Gasteiger partial charge in [-0.15, -0.1) is 11.3 Å². The number of alkyl halides is 3. The summed E-state index contributed by atoms with van der Waals surface area (Å²) in [6.07, 6.45) is 1.66. The Hall–Kier alpha value is -2.06. The van der Waals surface area contributed by atoms with Crippen molar-refractivity contribution in [1.29, 1.82) is 0 Å². The summed E-state index contributed by atoms with van der Waals surface area (Å²) in [4.78, 5) is 19.3. The van der Waals surface area contributed by atoms with Crippen LogP contribution in [0.2, 0.25) is 0 Å². The standard InChI is InChI=1S/C25H30F3N3OS/c26-25(27,28)18-7-8-22-17(14-18)15-21(24(32)29-10-9-20-6-3-13-33-20)23-16-30(11-12-31(22)23)19-4-1-2-5-19/h3,6-8,13-14,19,21,23H,1-2,4-5,9-12,15-16H2,(H,29,32)/t21-,23-/m0/s1. The Kier molecular flexibility index (Phi) is 6.40. The maximum absolute atomic E-state index is 13.4. The summed E-state index contributed by atoms with van der Waals surface area (Å²) in [5, 5.41) is 5.10. The van der Waals surface area contributed by atoms with Gasteiger partial charge in [-0.2, -0.15) is 13.2 Å². The van der Waals surface area contributed by atoms with E-state index in [1.165, 1.54) is 42.7 Å². The maximum atomic E-state index is 13.4. The third kappa shape index (κ3) is 4.78. The number of amides is 1. The fourth-order valence-electron chi connectivity index (χ4n) is 5.82. The number of fused-ring (bicyclic) bond motifs is 3. The van der Waals surface area contributed by atoms with Crippen molar-refractivity contribution in [2.75, 3.05) is 31.1 Å². The number of halogens is 3. The summed E-state index contributed by atoms with van der Waals surface area (Å²) in [6.45, 7) is 2.99. The number of carbonyl (C=O) groups is 1. The average Bonchev–Trinajstić information content (AvgIpc) is 3.51. The second-order valence-corrected chi connectivity index (χ2v) is 10.5. The lowest BCUT2D eigenvalue weighted by Crippen LogP contribution is -2.62. The number of hydrogen-bond donors (Lipinski definition) is 1. The molecule has 5 rings (SSSR count). The Morgan fingerprint density at radius 2 is 1.97 bits per heavy atom. The molecule has 1 aliphatic carbocycles. The van der Waals surface area contributed by atoms with Crippen LogP contribution in [0.3, 0.4) is 0 Å². The Morgan fingerprint density at radius 1 is 1.15 bits per heavy atom. The van der Waals surface area contributed by atoms with Crippen LogP contribution in [0.15, 0.2) is 35.7 Å². The molecule has 2 aliphatic heterocycles. The monoisotopic (exact) mass is 477 g/mol. The van der Waals surface area contributed by atoms with Crippen LogP contribution in [0.1, 0.15) is 41.7 Å². The topological polar surface area (TPSA) is 35.6 Å². The zero-order chi connectivity index (χ0) is 23.0. The molecule has 0 bridgehead atoms. The molecule has 1 N–H and O–H groups in total. The van der Waals surface area contributed by atoms with Gasteiger partial charge in [-0.3, -0.25) is 9.69 Å². The lowest BCUT2D eigenvalue weighted by molar-refractivity contribution is -0.137. The smallest absolute Gasteiger partial charge is 0.365 e. The van der Waals surface area contributed by atoms with Crippen LogP contribution in [-0.4, -0.2) is 49.1 Å². The fraction of sp³-hybridized carbons (Fsp3) is 0.560. The number of thiophene rings is 1. The summed E-state index contributed by atoms with van der Waals surface area (Å²) in [5.74, 6) is -0.397. The number of nitrogens with zero attached hydrogens (tertiary/aromatic N) is 2. The van der Waals surface area contributed by atoms with Gasteiger partial charge >= 0.3 is 6.18 Å². The van der Waals surface area contributed by atoms with Gasteiger partial charge in [0.05, 0.1) is 17.5 Å². The summed E-state index contributed by atoms with van der Waals surface area (Å²) in [7, 11) is 0. The molecule has 0 spiro atoms. The number of piperazine rings is 1. The first-order valence-electron chi connectivity index (χ1n) is 11.9. The lowest BCUT2D eigenvalue weighted by atomic mass is 9.82.